The van der Waals surface area contributed by atoms with E-state index < -0.39 is 19.9 Å². The van der Waals surface area contributed by atoms with Crippen LogP contribution in [-0.4, -0.2) is 75.6 Å². The fraction of sp³-hybridized carbons (Fsp3) is 0.646. The highest BCUT2D eigenvalue weighted by Crippen LogP contribution is 2.43. The predicted octanol–water partition coefficient (Wildman–Crippen LogP) is 13.0. The lowest BCUT2D eigenvalue weighted by molar-refractivity contribution is -0.870. The van der Waals surface area contributed by atoms with Crippen molar-refractivity contribution >= 4 is 13.8 Å². The van der Waals surface area contributed by atoms with Crippen LogP contribution < -0.4 is 0 Å². The van der Waals surface area contributed by atoms with Gasteiger partial charge in [-0.3, -0.25) is 13.8 Å². The molecule has 0 heterocycles. The third-order valence-corrected chi connectivity index (χ3v) is 9.63. The normalized spacial score (nSPS) is 14.7. The Morgan fingerprint density at radius 1 is 0.561 bits per heavy atom. The molecule has 9 heteroatoms. The Morgan fingerprint density at radius 2 is 1.02 bits per heavy atom. The lowest BCUT2D eigenvalue weighted by Crippen LogP contribution is -2.37. The van der Waals surface area contributed by atoms with Crippen LogP contribution in [0.3, 0.4) is 0 Å². The highest BCUT2D eigenvalue weighted by molar-refractivity contribution is 7.47. The van der Waals surface area contributed by atoms with E-state index in [0.29, 0.717) is 24.1 Å². The molecule has 57 heavy (non-hydrogen) atoms. The largest absolute Gasteiger partial charge is 0.472 e. The van der Waals surface area contributed by atoms with Gasteiger partial charge < -0.3 is 18.9 Å². The Hall–Kier alpha value is -2.58. The van der Waals surface area contributed by atoms with Crippen molar-refractivity contribution in [1.82, 2.24) is 0 Å². The first kappa shape index (κ1) is 54.4. The first-order valence-corrected chi connectivity index (χ1v) is 23.5. The fourth-order valence-corrected chi connectivity index (χ4v) is 6.00. The summed E-state index contributed by atoms with van der Waals surface area (Å²) in [6, 6.07) is 0. The quantitative estimate of drug-likeness (QED) is 0.0217. The summed E-state index contributed by atoms with van der Waals surface area (Å²) in [6.07, 6.45) is 54.6. The maximum absolute atomic E-state index is 12.7. The number of ether oxygens (including phenoxy) is 2. The molecule has 0 aliphatic heterocycles. The average Bonchev–Trinajstić information content (AvgIpc) is 3.16. The maximum atomic E-state index is 12.7. The zero-order valence-corrected chi connectivity index (χ0v) is 37.7. The van der Waals surface area contributed by atoms with Crippen molar-refractivity contribution < 1.29 is 37.3 Å². The molecule has 1 N–H and O–H groups in total. The second-order valence-electron chi connectivity index (χ2n) is 15.3. The molecule has 0 amide bonds. The molecule has 0 aromatic heterocycles. The molecular formula is C48H83NO7P+. The molecule has 0 saturated heterocycles. The van der Waals surface area contributed by atoms with Gasteiger partial charge in [0.1, 0.15) is 19.3 Å². The summed E-state index contributed by atoms with van der Waals surface area (Å²) in [4.78, 5) is 22.9. The molecular weight excluding hydrogens is 734 g/mol. The molecule has 2 atom stereocenters. The van der Waals surface area contributed by atoms with Crippen LogP contribution in [-0.2, 0) is 27.9 Å². The van der Waals surface area contributed by atoms with E-state index in [0.717, 1.165) is 70.6 Å². The number of hydrogen-bond donors (Lipinski definition) is 1. The van der Waals surface area contributed by atoms with Crippen molar-refractivity contribution in [3.8, 4) is 0 Å². The molecule has 0 bridgehead atoms. The van der Waals surface area contributed by atoms with Gasteiger partial charge in [0.25, 0.3) is 0 Å². The second-order valence-corrected chi connectivity index (χ2v) is 16.8. The van der Waals surface area contributed by atoms with Gasteiger partial charge in [-0.15, -0.1) is 0 Å². The number of quaternary nitrogens is 1. The number of likely N-dealkylation sites (N-methyl/N-ethyl adjacent to an activating group) is 1. The van der Waals surface area contributed by atoms with Gasteiger partial charge in [-0.1, -0.05) is 150 Å². The maximum Gasteiger partial charge on any atom is 0.472 e. The van der Waals surface area contributed by atoms with Crippen molar-refractivity contribution in [1.29, 1.82) is 0 Å². The van der Waals surface area contributed by atoms with Crippen LogP contribution in [0.4, 0.5) is 0 Å². The van der Waals surface area contributed by atoms with Gasteiger partial charge in [0.2, 0.25) is 0 Å². The van der Waals surface area contributed by atoms with Gasteiger partial charge in [0.15, 0.2) is 0 Å². The number of carbonyl (C=O) groups is 1. The van der Waals surface area contributed by atoms with Crippen LogP contribution >= 0.6 is 7.82 Å². The molecule has 0 aromatic rings. The van der Waals surface area contributed by atoms with Crippen LogP contribution in [0.2, 0.25) is 0 Å². The van der Waals surface area contributed by atoms with Crippen molar-refractivity contribution in [2.45, 2.75) is 148 Å². The number of allylic oxidation sites excluding steroid dienone is 16. The van der Waals surface area contributed by atoms with Crippen molar-refractivity contribution in [3.05, 3.63) is 97.2 Å². The molecule has 0 spiro atoms. The Balaban J connectivity index is 4.42. The molecule has 0 fully saturated rings. The number of nitrogens with zero attached hydrogens (tertiary/aromatic N) is 1. The molecule has 0 saturated carbocycles. The minimum Gasteiger partial charge on any atom is -0.457 e. The summed E-state index contributed by atoms with van der Waals surface area (Å²) in [5.41, 5.74) is 0. The monoisotopic (exact) mass is 817 g/mol. The van der Waals surface area contributed by atoms with E-state index in [4.69, 9.17) is 18.5 Å². The van der Waals surface area contributed by atoms with Gasteiger partial charge in [-0.05, 0) is 83.5 Å². The Bertz CT molecular complexity index is 1230. The van der Waals surface area contributed by atoms with Crippen molar-refractivity contribution in [2.75, 3.05) is 54.1 Å². The van der Waals surface area contributed by atoms with Crippen LogP contribution in [0.25, 0.3) is 0 Å². The number of esters is 1. The average molecular weight is 817 g/mol. The topological polar surface area (TPSA) is 91.3 Å². The van der Waals surface area contributed by atoms with Gasteiger partial charge in [0, 0.05) is 13.0 Å². The Morgan fingerprint density at radius 3 is 1.53 bits per heavy atom. The lowest BCUT2D eigenvalue weighted by Gasteiger charge is -2.24. The van der Waals surface area contributed by atoms with E-state index in [1.807, 2.05) is 33.3 Å². The predicted molar refractivity (Wildman–Crippen MR) is 242 cm³/mol. The smallest absolute Gasteiger partial charge is 0.457 e. The van der Waals surface area contributed by atoms with E-state index in [1.165, 1.54) is 44.9 Å². The summed E-state index contributed by atoms with van der Waals surface area (Å²) in [6.45, 7) is 5.32. The van der Waals surface area contributed by atoms with Gasteiger partial charge in [0.05, 0.1) is 34.4 Å². The minimum atomic E-state index is -4.30. The van der Waals surface area contributed by atoms with Gasteiger partial charge in [-0.25, -0.2) is 4.57 Å². The molecule has 0 aliphatic carbocycles. The molecule has 0 aromatic carbocycles. The van der Waals surface area contributed by atoms with E-state index in [9.17, 15) is 14.3 Å². The molecule has 326 valence electrons. The van der Waals surface area contributed by atoms with Crippen molar-refractivity contribution in [3.63, 3.8) is 0 Å². The third-order valence-electron chi connectivity index (χ3n) is 8.64. The summed E-state index contributed by atoms with van der Waals surface area (Å²) in [5, 5.41) is 0. The van der Waals surface area contributed by atoms with E-state index >= 15 is 0 Å². The number of rotatable bonds is 39. The summed E-state index contributed by atoms with van der Waals surface area (Å²) >= 11 is 0. The highest BCUT2D eigenvalue weighted by Gasteiger charge is 2.26. The summed E-state index contributed by atoms with van der Waals surface area (Å²) < 4.78 is 34.9. The van der Waals surface area contributed by atoms with Crippen LogP contribution in [0, 0.1) is 0 Å². The van der Waals surface area contributed by atoms with Crippen LogP contribution in [0.1, 0.15) is 142 Å². The Labute approximate surface area is 349 Å². The number of phosphoric acid groups is 1. The minimum absolute atomic E-state index is 0.0672. The van der Waals surface area contributed by atoms with Crippen LogP contribution in [0.15, 0.2) is 97.2 Å². The molecule has 8 nitrogen and oxygen atoms in total. The third kappa shape index (κ3) is 44.4. The van der Waals surface area contributed by atoms with E-state index in [1.54, 1.807) is 0 Å². The number of phosphoric ester groups is 1. The standard InChI is InChI=1S/C48H82NO7P/c1-6-8-10-12-14-16-18-20-22-24-25-26-27-29-31-33-35-37-39-41-48(50)56-47(46-55-57(51,52)54-44-42-49(3,4)5)45-53-43-40-38-36-34-32-30-28-23-21-19-17-15-13-11-9-7-2/h8,10,14-17,20-23,25-26,29,31,35,37,47H,6-7,9,11-13,18-19,24,27-28,30,32-34,36,38-46H2,1-5H3/p+1/b10-8-,16-14-,17-15-,22-20-,23-21-,26-25-,31-29-,37-35-. The molecule has 2 unspecified atom stereocenters. The van der Waals surface area contributed by atoms with E-state index in [2.05, 4.69) is 98.9 Å². The molecule has 0 rings (SSSR count). The van der Waals surface area contributed by atoms with E-state index in [-0.39, 0.29) is 26.2 Å². The number of unbranched alkanes of at least 4 members (excludes halogenated alkanes) is 9. The van der Waals surface area contributed by atoms with Gasteiger partial charge in [-0.2, -0.15) is 0 Å². The van der Waals surface area contributed by atoms with Crippen molar-refractivity contribution in [2.24, 2.45) is 0 Å². The highest BCUT2D eigenvalue weighted by atomic mass is 31.2. The fourth-order valence-electron chi connectivity index (χ4n) is 5.25. The zero-order valence-electron chi connectivity index (χ0n) is 36.8. The first-order chi connectivity index (χ1) is 27.6. The Kier molecular flexibility index (Phi) is 38.4. The van der Waals surface area contributed by atoms with Crippen LogP contribution in [0.5, 0.6) is 0 Å². The summed E-state index contributed by atoms with van der Waals surface area (Å²) in [7, 11) is 1.60. The second kappa shape index (κ2) is 40.2. The molecule has 0 radical (unpaired) electrons. The summed E-state index contributed by atoms with van der Waals surface area (Å²) in [5.74, 6) is -0.404. The number of carbonyl (C=O) groups excluding carboxylic acids is 1. The number of hydrogen-bond acceptors (Lipinski definition) is 6. The zero-order chi connectivity index (χ0) is 42.0. The van der Waals surface area contributed by atoms with Gasteiger partial charge >= 0.3 is 13.8 Å². The first-order valence-electron chi connectivity index (χ1n) is 22.0. The molecule has 0 aliphatic rings. The lowest BCUT2D eigenvalue weighted by atomic mass is 10.1. The SMILES string of the molecule is CC/C=C\C/C=C\C/C=C\C/C=C\C/C=C\C/C=C\CCC(=O)OC(COCCCCCCCC/C=C\C/C=C\CCCCC)COP(=O)(O)OCC[N+](C)(C)C.